The minimum Gasteiger partial charge on any atom is -0.317 e. The van der Waals surface area contributed by atoms with Crippen molar-refractivity contribution < 1.29 is 8.42 Å². The van der Waals surface area contributed by atoms with Crippen LogP contribution in [0, 0.1) is 0 Å². The van der Waals surface area contributed by atoms with Crippen LogP contribution in [0.5, 0.6) is 0 Å². The highest BCUT2D eigenvalue weighted by atomic mass is 32.2. The summed E-state index contributed by atoms with van der Waals surface area (Å²) in [6.45, 7) is 10.6. The number of nitrogens with one attached hydrogen (secondary N) is 1. The van der Waals surface area contributed by atoms with Crippen molar-refractivity contribution in [1.29, 1.82) is 0 Å². The molecule has 1 N–H and O–H groups in total. The molecule has 7 heteroatoms. The number of aromatic nitrogens is 2. The summed E-state index contributed by atoms with van der Waals surface area (Å²) in [6, 6.07) is 0. The van der Waals surface area contributed by atoms with Crippen LogP contribution in [0.25, 0.3) is 0 Å². The smallest absolute Gasteiger partial charge is 0.246 e. The summed E-state index contributed by atoms with van der Waals surface area (Å²) in [7, 11) is -1.93. The van der Waals surface area contributed by atoms with Crippen molar-refractivity contribution in [2.24, 2.45) is 0 Å². The summed E-state index contributed by atoms with van der Waals surface area (Å²) in [5, 5.41) is 7.43. The van der Waals surface area contributed by atoms with Crippen molar-refractivity contribution in [3.63, 3.8) is 0 Å². The van der Waals surface area contributed by atoms with Gasteiger partial charge in [-0.1, -0.05) is 19.1 Å². The molecule has 120 valence electrons. The highest BCUT2D eigenvalue weighted by Gasteiger charge is 2.22. The molecule has 0 aliphatic rings. The van der Waals surface area contributed by atoms with Gasteiger partial charge in [-0.25, -0.2) is 8.42 Å². The second-order valence-corrected chi connectivity index (χ2v) is 7.31. The van der Waals surface area contributed by atoms with Crippen LogP contribution in [0.1, 0.15) is 26.7 Å². The third kappa shape index (κ3) is 5.61. The largest absolute Gasteiger partial charge is 0.317 e. The highest BCUT2D eigenvalue weighted by Crippen LogP contribution is 2.14. The van der Waals surface area contributed by atoms with Gasteiger partial charge in [-0.15, -0.1) is 0 Å². The van der Waals surface area contributed by atoms with Crippen LogP contribution in [-0.2, 0) is 16.6 Å². The van der Waals surface area contributed by atoms with Gasteiger partial charge in [-0.3, -0.25) is 4.68 Å². The molecule has 1 aromatic heterocycles. The molecule has 0 bridgehead atoms. The van der Waals surface area contributed by atoms with Crippen LogP contribution in [0.4, 0.5) is 0 Å². The summed E-state index contributed by atoms with van der Waals surface area (Å²) in [6.07, 6.45) is 5.02. The Labute approximate surface area is 127 Å². The molecule has 0 amide bonds. The van der Waals surface area contributed by atoms with E-state index in [-0.39, 0.29) is 4.90 Å². The second kappa shape index (κ2) is 8.31. The van der Waals surface area contributed by atoms with Gasteiger partial charge >= 0.3 is 0 Å². The lowest BCUT2D eigenvalue weighted by Crippen LogP contribution is -2.28. The van der Waals surface area contributed by atoms with Crippen molar-refractivity contribution >= 4 is 10.0 Å². The van der Waals surface area contributed by atoms with E-state index < -0.39 is 10.0 Å². The maximum absolute atomic E-state index is 12.3. The van der Waals surface area contributed by atoms with Gasteiger partial charge in [0.1, 0.15) is 4.90 Å². The molecule has 0 aromatic carbocycles. The second-order valence-electron chi connectivity index (χ2n) is 5.26. The first-order valence-corrected chi connectivity index (χ1v) is 8.65. The standard InChI is InChI=1S/C14H26N4O2S/c1-5-7-15-8-6-9-18-12-14(10-16-18)21(19,20)17(4)11-13(2)3/h10,12,15H,2,5-9,11H2,1,3-4H3. The SMILES string of the molecule is C=C(C)CN(C)S(=O)(=O)c1cnn(CCCNCCC)c1. The average molecular weight is 314 g/mol. The Balaban J connectivity index is 2.59. The van der Waals surface area contributed by atoms with Crippen molar-refractivity contribution in [2.75, 3.05) is 26.7 Å². The van der Waals surface area contributed by atoms with E-state index >= 15 is 0 Å². The monoisotopic (exact) mass is 314 g/mol. The molecular formula is C14H26N4O2S. The van der Waals surface area contributed by atoms with E-state index in [1.807, 2.05) is 0 Å². The molecule has 6 nitrogen and oxygen atoms in total. The Kier molecular flexibility index (Phi) is 7.07. The predicted molar refractivity (Wildman–Crippen MR) is 84.6 cm³/mol. The first-order chi connectivity index (χ1) is 9.87. The van der Waals surface area contributed by atoms with Gasteiger partial charge in [0.25, 0.3) is 0 Å². The summed E-state index contributed by atoms with van der Waals surface area (Å²) in [5.74, 6) is 0. The van der Waals surface area contributed by atoms with Gasteiger partial charge in [0, 0.05) is 26.3 Å². The summed E-state index contributed by atoms with van der Waals surface area (Å²) < 4.78 is 27.6. The Morgan fingerprint density at radius 3 is 2.81 bits per heavy atom. The Morgan fingerprint density at radius 2 is 2.19 bits per heavy atom. The van der Waals surface area contributed by atoms with Crippen LogP contribution in [0.15, 0.2) is 29.4 Å². The van der Waals surface area contributed by atoms with Crippen LogP contribution in [0.2, 0.25) is 0 Å². The third-order valence-corrected chi connectivity index (χ3v) is 4.73. The van der Waals surface area contributed by atoms with E-state index in [9.17, 15) is 8.42 Å². The van der Waals surface area contributed by atoms with E-state index in [0.717, 1.165) is 31.5 Å². The Bertz CT molecular complexity index is 551. The van der Waals surface area contributed by atoms with E-state index in [1.165, 1.54) is 10.5 Å². The number of hydrogen-bond acceptors (Lipinski definition) is 4. The van der Waals surface area contributed by atoms with Crippen LogP contribution >= 0.6 is 0 Å². The molecule has 1 aromatic rings. The van der Waals surface area contributed by atoms with Gasteiger partial charge < -0.3 is 5.32 Å². The molecule has 0 atom stereocenters. The topological polar surface area (TPSA) is 67.2 Å². The minimum absolute atomic E-state index is 0.229. The molecule has 1 heterocycles. The summed E-state index contributed by atoms with van der Waals surface area (Å²) in [4.78, 5) is 0.229. The number of hydrogen-bond donors (Lipinski definition) is 1. The minimum atomic E-state index is -3.48. The van der Waals surface area contributed by atoms with Gasteiger partial charge in [0.05, 0.1) is 6.20 Å². The summed E-state index contributed by atoms with van der Waals surface area (Å²) in [5.41, 5.74) is 0.801. The zero-order chi connectivity index (χ0) is 15.9. The van der Waals surface area contributed by atoms with Gasteiger partial charge in [0.2, 0.25) is 10.0 Å². The predicted octanol–water partition coefficient (Wildman–Crippen LogP) is 1.47. The number of aryl methyl sites for hydroxylation is 1. The van der Waals surface area contributed by atoms with Crippen LogP contribution in [-0.4, -0.2) is 49.2 Å². The molecule has 0 saturated carbocycles. The van der Waals surface area contributed by atoms with Gasteiger partial charge in [-0.05, 0) is 32.9 Å². The molecular weight excluding hydrogens is 288 g/mol. The summed E-state index contributed by atoms with van der Waals surface area (Å²) >= 11 is 0. The van der Waals surface area contributed by atoms with Gasteiger partial charge in [-0.2, -0.15) is 9.40 Å². The fourth-order valence-electron chi connectivity index (χ4n) is 1.91. The van der Waals surface area contributed by atoms with E-state index in [1.54, 1.807) is 24.9 Å². The normalized spacial score (nSPS) is 12.0. The molecule has 0 saturated heterocycles. The lowest BCUT2D eigenvalue weighted by atomic mass is 10.4. The first-order valence-electron chi connectivity index (χ1n) is 7.21. The lowest BCUT2D eigenvalue weighted by molar-refractivity contribution is 0.492. The fourth-order valence-corrected chi connectivity index (χ4v) is 3.10. The number of sulfonamides is 1. The molecule has 0 spiro atoms. The first kappa shape index (κ1) is 17.9. The van der Waals surface area contributed by atoms with E-state index in [4.69, 9.17) is 0 Å². The Morgan fingerprint density at radius 1 is 1.48 bits per heavy atom. The average Bonchev–Trinajstić information content (AvgIpc) is 2.87. The van der Waals surface area contributed by atoms with E-state index in [0.29, 0.717) is 13.1 Å². The number of likely N-dealkylation sites (N-methyl/N-ethyl adjacent to an activating group) is 1. The van der Waals surface area contributed by atoms with E-state index in [2.05, 4.69) is 23.9 Å². The molecule has 1 rings (SSSR count). The van der Waals surface area contributed by atoms with Gasteiger partial charge in [0.15, 0.2) is 0 Å². The van der Waals surface area contributed by atoms with Crippen LogP contribution in [0.3, 0.4) is 0 Å². The maximum atomic E-state index is 12.3. The quantitative estimate of drug-likeness (QED) is 0.524. The zero-order valence-electron chi connectivity index (χ0n) is 13.2. The Hall–Kier alpha value is -1.18. The maximum Gasteiger partial charge on any atom is 0.246 e. The molecule has 0 unspecified atom stereocenters. The number of nitrogens with zero attached hydrogens (tertiary/aromatic N) is 3. The zero-order valence-corrected chi connectivity index (χ0v) is 14.0. The fraction of sp³-hybridized carbons (Fsp3) is 0.643. The third-order valence-electron chi connectivity index (χ3n) is 2.98. The van der Waals surface area contributed by atoms with Crippen molar-refractivity contribution in [1.82, 2.24) is 19.4 Å². The van der Waals surface area contributed by atoms with Crippen molar-refractivity contribution in [2.45, 2.75) is 38.1 Å². The molecule has 0 fully saturated rings. The highest BCUT2D eigenvalue weighted by molar-refractivity contribution is 7.89. The molecule has 0 aliphatic carbocycles. The molecule has 21 heavy (non-hydrogen) atoms. The van der Waals surface area contributed by atoms with Crippen molar-refractivity contribution in [3.8, 4) is 0 Å². The van der Waals surface area contributed by atoms with Crippen molar-refractivity contribution in [3.05, 3.63) is 24.5 Å². The number of rotatable bonds is 10. The molecule has 0 radical (unpaired) electrons. The van der Waals surface area contributed by atoms with Crippen LogP contribution < -0.4 is 5.32 Å². The molecule has 0 aliphatic heterocycles. The lowest BCUT2D eigenvalue weighted by Gasteiger charge is -2.15.